The fourth-order valence-corrected chi connectivity index (χ4v) is 2.10. The van der Waals surface area contributed by atoms with Crippen LogP contribution < -0.4 is 0 Å². The highest BCUT2D eigenvalue weighted by molar-refractivity contribution is 5.99. The number of nitrogens with zero attached hydrogens (tertiary/aromatic N) is 3. The monoisotopic (exact) mass is 287 g/mol. The number of benzene rings is 1. The summed E-state index contributed by atoms with van der Waals surface area (Å²) < 4.78 is 1.65. The van der Waals surface area contributed by atoms with Gasteiger partial charge in [-0.25, -0.2) is 0 Å². The van der Waals surface area contributed by atoms with Crippen molar-refractivity contribution in [3.63, 3.8) is 0 Å². The molecule has 110 valence electrons. The second-order valence-electron chi connectivity index (χ2n) is 4.77. The van der Waals surface area contributed by atoms with Gasteiger partial charge in [0.05, 0.1) is 23.9 Å². The Morgan fingerprint density at radius 2 is 1.95 bits per heavy atom. The zero-order valence-corrected chi connectivity index (χ0v) is 12.0. The number of carboxylic acid groups (broad SMARTS) is 1. The van der Waals surface area contributed by atoms with Gasteiger partial charge in [-0.15, -0.1) is 0 Å². The fraction of sp³-hybridized carbons (Fsp3) is 0.267. The zero-order chi connectivity index (χ0) is 15.4. The van der Waals surface area contributed by atoms with Gasteiger partial charge in [0.25, 0.3) is 5.91 Å². The summed E-state index contributed by atoms with van der Waals surface area (Å²) in [7, 11) is 3.36. The Morgan fingerprint density at radius 1 is 1.29 bits per heavy atom. The summed E-state index contributed by atoms with van der Waals surface area (Å²) in [5.41, 5.74) is 2.09. The van der Waals surface area contributed by atoms with Gasteiger partial charge >= 0.3 is 5.97 Å². The molecule has 0 aliphatic carbocycles. The van der Waals surface area contributed by atoms with E-state index in [4.69, 9.17) is 5.11 Å². The number of rotatable bonds is 5. The van der Waals surface area contributed by atoms with E-state index in [9.17, 15) is 9.59 Å². The third-order valence-corrected chi connectivity index (χ3v) is 3.22. The van der Waals surface area contributed by atoms with Crippen LogP contribution in [0.25, 0.3) is 11.3 Å². The topological polar surface area (TPSA) is 75.4 Å². The van der Waals surface area contributed by atoms with Crippen molar-refractivity contribution in [2.45, 2.75) is 6.42 Å². The van der Waals surface area contributed by atoms with Crippen molar-refractivity contribution in [3.05, 3.63) is 42.1 Å². The maximum Gasteiger partial charge on any atom is 0.305 e. The second kappa shape index (κ2) is 6.21. The van der Waals surface area contributed by atoms with Gasteiger partial charge in [-0.3, -0.25) is 14.3 Å². The Morgan fingerprint density at radius 3 is 2.57 bits per heavy atom. The molecular weight excluding hydrogens is 270 g/mol. The molecular formula is C15H17N3O3. The Bertz CT molecular complexity index is 649. The first-order valence-electron chi connectivity index (χ1n) is 6.55. The Balaban J connectivity index is 2.29. The summed E-state index contributed by atoms with van der Waals surface area (Å²) in [6.07, 6.45) is 1.44. The minimum absolute atomic E-state index is 0.0802. The molecule has 1 heterocycles. The lowest BCUT2D eigenvalue weighted by atomic mass is 10.1. The van der Waals surface area contributed by atoms with Gasteiger partial charge in [-0.2, -0.15) is 5.10 Å². The van der Waals surface area contributed by atoms with Crippen molar-refractivity contribution in [2.24, 2.45) is 7.05 Å². The van der Waals surface area contributed by atoms with E-state index in [-0.39, 0.29) is 18.9 Å². The van der Waals surface area contributed by atoms with Crippen LogP contribution in [0.4, 0.5) is 0 Å². The summed E-state index contributed by atoms with van der Waals surface area (Å²) >= 11 is 0. The smallest absolute Gasteiger partial charge is 0.305 e. The Hall–Kier alpha value is -2.63. The fourth-order valence-electron chi connectivity index (χ4n) is 2.10. The van der Waals surface area contributed by atoms with Crippen molar-refractivity contribution in [1.82, 2.24) is 14.7 Å². The highest BCUT2D eigenvalue weighted by Crippen LogP contribution is 2.23. The van der Waals surface area contributed by atoms with E-state index in [1.165, 1.54) is 11.1 Å². The van der Waals surface area contributed by atoms with Crippen molar-refractivity contribution in [1.29, 1.82) is 0 Å². The van der Waals surface area contributed by atoms with Crippen molar-refractivity contribution in [2.75, 3.05) is 13.6 Å². The van der Waals surface area contributed by atoms with Gasteiger partial charge in [0.1, 0.15) is 0 Å². The summed E-state index contributed by atoms with van der Waals surface area (Å²) in [5.74, 6) is -1.16. The summed E-state index contributed by atoms with van der Waals surface area (Å²) in [6.45, 7) is 0.164. The molecule has 1 amide bonds. The van der Waals surface area contributed by atoms with Crippen LogP contribution in [0.5, 0.6) is 0 Å². The number of carbonyl (C=O) groups is 2. The van der Waals surface area contributed by atoms with E-state index in [2.05, 4.69) is 5.10 Å². The third-order valence-electron chi connectivity index (χ3n) is 3.22. The molecule has 6 nitrogen and oxygen atoms in total. The normalized spacial score (nSPS) is 10.4. The lowest BCUT2D eigenvalue weighted by molar-refractivity contribution is -0.137. The molecule has 1 N–H and O–H groups in total. The Labute approximate surface area is 122 Å². The molecule has 2 aromatic rings. The van der Waals surface area contributed by atoms with E-state index in [1.807, 2.05) is 30.3 Å². The van der Waals surface area contributed by atoms with Crippen LogP contribution in [0, 0.1) is 0 Å². The van der Waals surface area contributed by atoms with Gasteiger partial charge < -0.3 is 10.0 Å². The van der Waals surface area contributed by atoms with Crippen molar-refractivity contribution in [3.8, 4) is 11.3 Å². The molecule has 0 saturated carbocycles. The van der Waals surface area contributed by atoms with Gasteiger partial charge in [0.2, 0.25) is 0 Å². The first-order valence-corrected chi connectivity index (χ1v) is 6.55. The SMILES string of the molecule is CN(CCC(=O)O)C(=O)c1cnn(C)c1-c1ccccc1. The average molecular weight is 287 g/mol. The van der Waals surface area contributed by atoms with Crippen LogP contribution in [0.2, 0.25) is 0 Å². The molecule has 0 fully saturated rings. The molecule has 21 heavy (non-hydrogen) atoms. The van der Waals surface area contributed by atoms with Crippen LogP contribution >= 0.6 is 0 Å². The zero-order valence-electron chi connectivity index (χ0n) is 12.0. The molecule has 0 bridgehead atoms. The maximum atomic E-state index is 12.4. The van der Waals surface area contributed by atoms with Gasteiger partial charge in [0.15, 0.2) is 0 Å². The quantitative estimate of drug-likeness (QED) is 0.907. The van der Waals surface area contributed by atoms with Crippen molar-refractivity contribution >= 4 is 11.9 Å². The highest BCUT2D eigenvalue weighted by atomic mass is 16.4. The molecule has 0 aliphatic heterocycles. The molecule has 1 aromatic carbocycles. The highest BCUT2D eigenvalue weighted by Gasteiger charge is 2.20. The first-order chi connectivity index (χ1) is 10.0. The van der Waals surface area contributed by atoms with E-state index < -0.39 is 5.97 Å². The summed E-state index contributed by atoms with van der Waals surface area (Å²) in [5, 5.41) is 12.8. The summed E-state index contributed by atoms with van der Waals surface area (Å²) in [4.78, 5) is 24.4. The number of hydrogen-bond donors (Lipinski definition) is 1. The standard InChI is InChI=1S/C15H17N3O3/c1-17(9-8-13(19)20)15(21)12-10-16-18(2)14(12)11-6-4-3-5-7-11/h3-7,10H,8-9H2,1-2H3,(H,19,20). The number of aryl methyl sites for hydroxylation is 1. The molecule has 1 aromatic heterocycles. The number of aliphatic carboxylic acids is 1. The van der Waals surface area contributed by atoms with Crippen LogP contribution in [-0.4, -0.2) is 45.3 Å². The maximum absolute atomic E-state index is 12.4. The van der Waals surface area contributed by atoms with Gasteiger partial charge in [-0.05, 0) is 0 Å². The summed E-state index contributed by atoms with van der Waals surface area (Å²) in [6, 6.07) is 9.51. The van der Waals surface area contributed by atoms with E-state index >= 15 is 0 Å². The van der Waals surface area contributed by atoms with Gasteiger partial charge in [-0.1, -0.05) is 30.3 Å². The minimum atomic E-state index is -0.927. The first kappa shape index (κ1) is 14.8. The third kappa shape index (κ3) is 3.28. The molecule has 6 heteroatoms. The van der Waals surface area contributed by atoms with E-state index in [0.29, 0.717) is 5.56 Å². The number of carboxylic acids is 1. The molecule has 0 unspecified atom stereocenters. The van der Waals surface area contributed by atoms with Crippen LogP contribution in [-0.2, 0) is 11.8 Å². The van der Waals surface area contributed by atoms with E-state index in [0.717, 1.165) is 11.3 Å². The molecule has 0 atom stereocenters. The lowest BCUT2D eigenvalue weighted by Gasteiger charge is -2.16. The van der Waals surface area contributed by atoms with Crippen LogP contribution in [0.1, 0.15) is 16.8 Å². The van der Waals surface area contributed by atoms with Crippen molar-refractivity contribution < 1.29 is 14.7 Å². The lowest BCUT2D eigenvalue weighted by Crippen LogP contribution is -2.29. The van der Waals surface area contributed by atoms with Crippen LogP contribution in [0.15, 0.2) is 36.5 Å². The second-order valence-corrected chi connectivity index (χ2v) is 4.77. The molecule has 0 aliphatic rings. The van der Waals surface area contributed by atoms with E-state index in [1.54, 1.807) is 18.8 Å². The van der Waals surface area contributed by atoms with Crippen LogP contribution in [0.3, 0.4) is 0 Å². The number of carbonyl (C=O) groups excluding carboxylic acids is 1. The number of hydrogen-bond acceptors (Lipinski definition) is 3. The largest absolute Gasteiger partial charge is 0.481 e. The predicted molar refractivity (Wildman–Crippen MR) is 77.9 cm³/mol. The molecule has 0 spiro atoms. The molecule has 0 saturated heterocycles. The van der Waals surface area contributed by atoms with Gasteiger partial charge in [0, 0.05) is 26.2 Å². The number of amides is 1. The number of aromatic nitrogens is 2. The average Bonchev–Trinajstić information content (AvgIpc) is 2.86. The minimum Gasteiger partial charge on any atom is -0.481 e. The Kier molecular flexibility index (Phi) is 4.37. The molecule has 2 rings (SSSR count). The predicted octanol–water partition coefficient (Wildman–Crippen LogP) is 1.63. The molecule has 0 radical (unpaired) electrons.